The fourth-order valence-corrected chi connectivity index (χ4v) is 2.69. The molecule has 1 fully saturated rings. The zero-order chi connectivity index (χ0) is 13.1. The van der Waals surface area contributed by atoms with Gasteiger partial charge in [0.15, 0.2) is 5.82 Å². The highest BCUT2D eigenvalue weighted by Gasteiger charge is 2.38. The molecule has 3 rings (SSSR count). The highest BCUT2D eigenvalue weighted by atomic mass is 16.2. The highest BCUT2D eigenvalue weighted by Crippen LogP contribution is 2.43. The van der Waals surface area contributed by atoms with Gasteiger partial charge in [0.1, 0.15) is 0 Å². The van der Waals surface area contributed by atoms with Gasteiger partial charge in [-0.25, -0.2) is 4.98 Å². The normalized spacial score (nSPS) is 16.6. The first kappa shape index (κ1) is 12.0. The van der Waals surface area contributed by atoms with E-state index in [0.717, 1.165) is 12.8 Å². The number of imidazole rings is 1. The van der Waals surface area contributed by atoms with Crippen LogP contribution in [-0.2, 0) is 5.41 Å². The van der Waals surface area contributed by atoms with Gasteiger partial charge in [-0.15, -0.1) is 0 Å². The number of rotatable bonds is 4. The van der Waals surface area contributed by atoms with Crippen molar-refractivity contribution in [3.8, 4) is 0 Å². The largest absolute Gasteiger partial charge is 0.348 e. The van der Waals surface area contributed by atoms with E-state index in [1.807, 2.05) is 6.07 Å². The molecule has 98 valence electrons. The molecule has 1 aromatic heterocycles. The lowest BCUT2D eigenvalue weighted by molar-refractivity contribution is 0.0918. The Hall–Kier alpha value is -2.10. The second kappa shape index (κ2) is 4.88. The van der Waals surface area contributed by atoms with Gasteiger partial charge in [0.2, 0.25) is 0 Å². The minimum absolute atomic E-state index is 0.115. The van der Waals surface area contributed by atoms with Gasteiger partial charge in [-0.05, 0) is 18.4 Å². The van der Waals surface area contributed by atoms with Crippen molar-refractivity contribution in [2.24, 2.45) is 0 Å². The van der Waals surface area contributed by atoms with Crippen LogP contribution in [0.3, 0.4) is 0 Å². The lowest BCUT2D eigenvalue weighted by atomic mass is 9.64. The number of hydrogen-bond donors (Lipinski definition) is 2. The Morgan fingerprint density at radius 2 is 2.11 bits per heavy atom. The molecule has 0 spiro atoms. The van der Waals surface area contributed by atoms with Gasteiger partial charge in [-0.2, -0.15) is 0 Å². The van der Waals surface area contributed by atoms with E-state index in [4.69, 9.17) is 0 Å². The van der Waals surface area contributed by atoms with E-state index in [2.05, 4.69) is 39.6 Å². The number of carbonyl (C=O) groups excluding carboxylic acids is 1. The number of aromatic nitrogens is 2. The molecule has 0 unspecified atom stereocenters. The van der Waals surface area contributed by atoms with E-state index in [-0.39, 0.29) is 11.3 Å². The van der Waals surface area contributed by atoms with E-state index in [9.17, 15) is 4.79 Å². The van der Waals surface area contributed by atoms with Gasteiger partial charge in [0.05, 0.1) is 0 Å². The van der Waals surface area contributed by atoms with Gasteiger partial charge in [0.25, 0.3) is 5.91 Å². The van der Waals surface area contributed by atoms with Crippen LogP contribution in [0.25, 0.3) is 0 Å². The van der Waals surface area contributed by atoms with Crippen molar-refractivity contribution in [1.82, 2.24) is 15.3 Å². The van der Waals surface area contributed by atoms with E-state index >= 15 is 0 Å². The van der Waals surface area contributed by atoms with Gasteiger partial charge in [0, 0.05) is 24.4 Å². The number of carbonyl (C=O) groups is 1. The molecule has 2 N–H and O–H groups in total. The van der Waals surface area contributed by atoms with Gasteiger partial charge in [-0.1, -0.05) is 36.8 Å². The van der Waals surface area contributed by atoms with E-state index in [1.165, 1.54) is 12.0 Å². The van der Waals surface area contributed by atoms with Crippen molar-refractivity contribution in [2.45, 2.75) is 24.7 Å². The SMILES string of the molecule is O=C(NCC1(c2ccccc2)CCC1)c1ncc[nH]1. The third-order valence-electron chi connectivity index (χ3n) is 4.00. The summed E-state index contributed by atoms with van der Waals surface area (Å²) in [5.41, 5.74) is 1.43. The predicted molar refractivity (Wildman–Crippen MR) is 72.9 cm³/mol. The molecular formula is C15H17N3O. The maximum atomic E-state index is 11.9. The molecule has 1 aliphatic carbocycles. The fraction of sp³-hybridized carbons (Fsp3) is 0.333. The fourth-order valence-electron chi connectivity index (χ4n) is 2.69. The summed E-state index contributed by atoms with van der Waals surface area (Å²) in [7, 11) is 0. The Bertz CT molecular complexity index is 544. The molecule has 4 nitrogen and oxygen atoms in total. The Balaban J connectivity index is 1.69. The van der Waals surface area contributed by atoms with Crippen LogP contribution in [0.5, 0.6) is 0 Å². The van der Waals surface area contributed by atoms with Crippen molar-refractivity contribution in [3.05, 3.63) is 54.1 Å². The van der Waals surface area contributed by atoms with Crippen molar-refractivity contribution < 1.29 is 4.79 Å². The maximum absolute atomic E-state index is 11.9. The molecule has 0 aliphatic heterocycles. The number of benzene rings is 1. The summed E-state index contributed by atoms with van der Waals surface area (Å²) >= 11 is 0. The number of nitrogens with one attached hydrogen (secondary N) is 2. The monoisotopic (exact) mass is 255 g/mol. The zero-order valence-electron chi connectivity index (χ0n) is 10.7. The molecule has 1 aliphatic rings. The molecule has 0 bridgehead atoms. The van der Waals surface area contributed by atoms with Gasteiger partial charge in [-0.3, -0.25) is 4.79 Å². The average Bonchev–Trinajstić information content (AvgIpc) is 2.92. The molecule has 0 radical (unpaired) electrons. The summed E-state index contributed by atoms with van der Waals surface area (Å²) in [5.74, 6) is 0.245. The number of H-pyrrole nitrogens is 1. The Morgan fingerprint density at radius 3 is 2.68 bits per heavy atom. The van der Waals surface area contributed by atoms with Crippen LogP contribution in [0.15, 0.2) is 42.7 Å². The second-order valence-corrected chi connectivity index (χ2v) is 5.12. The van der Waals surface area contributed by atoms with Crippen LogP contribution >= 0.6 is 0 Å². The van der Waals surface area contributed by atoms with Crippen LogP contribution in [-0.4, -0.2) is 22.4 Å². The van der Waals surface area contributed by atoms with Gasteiger partial charge < -0.3 is 10.3 Å². The average molecular weight is 255 g/mol. The topological polar surface area (TPSA) is 57.8 Å². The van der Waals surface area contributed by atoms with Gasteiger partial charge >= 0.3 is 0 Å². The van der Waals surface area contributed by atoms with Crippen molar-refractivity contribution >= 4 is 5.91 Å². The standard InChI is InChI=1S/C15H17N3O/c19-14(13-16-9-10-17-13)18-11-15(7-4-8-15)12-5-2-1-3-6-12/h1-3,5-6,9-10H,4,7-8,11H2,(H,16,17)(H,18,19). The lowest BCUT2D eigenvalue weighted by Crippen LogP contribution is -2.45. The lowest BCUT2D eigenvalue weighted by Gasteiger charge is -2.42. The summed E-state index contributed by atoms with van der Waals surface area (Å²) in [6, 6.07) is 10.4. The minimum atomic E-state index is -0.132. The third-order valence-corrected chi connectivity index (χ3v) is 4.00. The van der Waals surface area contributed by atoms with Crippen LogP contribution in [0.4, 0.5) is 0 Å². The van der Waals surface area contributed by atoms with Crippen LogP contribution in [0, 0.1) is 0 Å². The summed E-state index contributed by atoms with van der Waals surface area (Å²) < 4.78 is 0. The molecule has 2 aromatic rings. The number of hydrogen-bond acceptors (Lipinski definition) is 2. The third kappa shape index (κ3) is 2.26. The minimum Gasteiger partial charge on any atom is -0.348 e. The highest BCUT2D eigenvalue weighted by molar-refractivity contribution is 5.90. The van der Waals surface area contributed by atoms with E-state index in [0.29, 0.717) is 12.4 Å². The van der Waals surface area contributed by atoms with Crippen LogP contribution in [0.2, 0.25) is 0 Å². The van der Waals surface area contributed by atoms with Crippen molar-refractivity contribution in [1.29, 1.82) is 0 Å². The molecular weight excluding hydrogens is 238 g/mol. The van der Waals surface area contributed by atoms with E-state index < -0.39 is 0 Å². The summed E-state index contributed by atoms with van der Waals surface area (Å²) in [6.45, 7) is 0.677. The van der Waals surface area contributed by atoms with Crippen LogP contribution < -0.4 is 5.32 Å². The molecule has 4 heteroatoms. The zero-order valence-corrected chi connectivity index (χ0v) is 10.7. The quantitative estimate of drug-likeness (QED) is 0.880. The molecule has 1 amide bonds. The Kier molecular flexibility index (Phi) is 3.07. The maximum Gasteiger partial charge on any atom is 0.287 e. The Morgan fingerprint density at radius 1 is 1.32 bits per heavy atom. The smallest absolute Gasteiger partial charge is 0.287 e. The first-order valence-corrected chi connectivity index (χ1v) is 6.63. The first-order chi connectivity index (χ1) is 9.30. The molecule has 19 heavy (non-hydrogen) atoms. The van der Waals surface area contributed by atoms with E-state index in [1.54, 1.807) is 12.4 Å². The number of aromatic amines is 1. The summed E-state index contributed by atoms with van der Waals surface area (Å²) in [4.78, 5) is 18.7. The first-order valence-electron chi connectivity index (χ1n) is 6.63. The predicted octanol–water partition coefficient (Wildman–Crippen LogP) is 2.26. The molecule has 1 saturated carbocycles. The molecule has 1 aromatic carbocycles. The van der Waals surface area contributed by atoms with Crippen LogP contribution in [0.1, 0.15) is 35.4 Å². The summed E-state index contributed by atoms with van der Waals surface area (Å²) in [5, 5.41) is 2.99. The second-order valence-electron chi connectivity index (χ2n) is 5.12. The summed E-state index contributed by atoms with van der Waals surface area (Å²) in [6.07, 6.45) is 6.74. The molecule has 0 atom stereocenters. The van der Waals surface area contributed by atoms with Crippen molar-refractivity contribution in [2.75, 3.05) is 6.54 Å². The number of nitrogens with zero attached hydrogens (tertiary/aromatic N) is 1. The number of amides is 1. The molecule has 1 heterocycles. The Labute approximate surface area is 112 Å². The van der Waals surface area contributed by atoms with Crippen molar-refractivity contribution in [3.63, 3.8) is 0 Å². The molecule has 0 saturated heterocycles.